The summed E-state index contributed by atoms with van der Waals surface area (Å²) in [6.07, 6.45) is 0.957. The molecule has 1 aromatic carbocycles. The van der Waals surface area contributed by atoms with Crippen molar-refractivity contribution in [1.29, 1.82) is 0 Å². The van der Waals surface area contributed by atoms with Gasteiger partial charge in [-0.2, -0.15) is 0 Å². The molecule has 72 valence electrons. The SMILES string of the molecule is Cc1ccc(Cc2nc(C)cs2)cc1. The quantitative estimate of drug-likeness (QED) is 0.729. The lowest BCUT2D eigenvalue weighted by molar-refractivity contribution is 1.10. The number of thiazole rings is 1. The standard InChI is InChI=1S/C12H13NS/c1-9-3-5-11(6-4-9)7-12-13-10(2)8-14-12/h3-6,8H,7H2,1-2H3. The molecule has 0 spiro atoms. The van der Waals surface area contributed by atoms with Crippen molar-refractivity contribution in [3.05, 3.63) is 51.5 Å². The van der Waals surface area contributed by atoms with Crippen LogP contribution in [0.3, 0.4) is 0 Å². The Morgan fingerprint density at radius 2 is 1.86 bits per heavy atom. The average Bonchev–Trinajstić information content (AvgIpc) is 2.56. The molecule has 1 nitrogen and oxygen atoms in total. The summed E-state index contributed by atoms with van der Waals surface area (Å²) in [5.41, 5.74) is 3.77. The minimum Gasteiger partial charge on any atom is -0.246 e. The van der Waals surface area contributed by atoms with Crippen LogP contribution >= 0.6 is 11.3 Å². The number of rotatable bonds is 2. The highest BCUT2D eigenvalue weighted by molar-refractivity contribution is 7.09. The Morgan fingerprint density at radius 1 is 1.14 bits per heavy atom. The van der Waals surface area contributed by atoms with E-state index in [1.807, 2.05) is 6.92 Å². The molecule has 2 heteroatoms. The van der Waals surface area contributed by atoms with Crippen molar-refractivity contribution >= 4 is 11.3 Å². The maximum Gasteiger partial charge on any atom is 0.0972 e. The van der Waals surface area contributed by atoms with E-state index >= 15 is 0 Å². The van der Waals surface area contributed by atoms with Crippen molar-refractivity contribution in [1.82, 2.24) is 4.98 Å². The first-order chi connectivity index (χ1) is 6.74. The number of hydrogen-bond acceptors (Lipinski definition) is 2. The topological polar surface area (TPSA) is 12.9 Å². The predicted octanol–water partition coefficient (Wildman–Crippen LogP) is 3.35. The van der Waals surface area contributed by atoms with E-state index in [1.165, 1.54) is 16.1 Å². The van der Waals surface area contributed by atoms with Crippen LogP contribution in [-0.4, -0.2) is 4.98 Å². The van der Waals surface area contributed by atoms with E-state index in [2.05, 4.69) is 41.6 Å². The zero-order valence-corrected chi connectivity index (χ0v) is 9.27. The van der Waals surface area contributed by atoms with Gasteiger partial charge in [-0.15, -0.1) is 11.3 Å². The van der Waals surface area contributed by atoms with E-state index in [9.17, 15) is 0 Å². The van der Waals surface area contributed by atoms with Crippen LogP contribution in [0.4, 0.5) is 0 Å². The smallest absolute Gasteiger partial charge is 0.0972 e. The molecular weight excluding hydrogens is 190 g/mol. The Morgan fingerprint density at radius 3 is 2.43 bits per heavy atom. The van der Waals surface area contributed by atoms with Crippen molar-refractivity contribution in [3.8, 4) is 0 Å². The van der Waals surface area contributed by atoms with Gasteiger partial charge in [0.15, 0.2) is 0 Å². The van der Waals surface area contributed by atoms with Crippen LogP contribution in [0.5, 0.6) is 0 Å². The molecule has 1 heterocycles. The van der Waals surface area contributed by atoms with Crippen molar-refractivity contribution in [2.45, 2.75) is 20.3 Å². The second-order valence-electron chi connectivity index (χ2n) is 3.55. The molecule has 0 aliphatic rings. The van der Waals surface area contributed by atoms with Crippen LogP contribution in [0.15, 0.2) is 29.6 Å². The normalized spacial score (nSPS) is 10.4. The summed E-state index contributed by atoms with van der Waals surface area (Å²) in [6.45, 7) is 4.15. The summed E-state index contributed by atoms with van der Waals surface area (Å²) in [6, 6.07) is 8.64. The monoisotopic (exact) mass is 203 g/mol. The fourth-order valence-electron chi connectivity index (χ4n) is 1.36. The molecule has 0 fully saturated rings. The Bertz CT molecular complexity index is 414. The van der Waals surface area contributed by atoms with Gasteiger partial charge in [0, 0.05) is 17.5 Å². The van der Waals surface area contributed by atoms with E-state index < -0.39 is 0 Å². The van der Waals surface area contributed by atoms with Crippen LogP contribution in [0.2, 0.25) is 0 Å². The number of aromatic nitrogens is 1. The molecule has 1 aromatic heterocycles. The highest BCUT2D eigenvalue weighted by Crippen LogP contribution is 2.14. The van der Waals surface area contributed by atoms with E-state index in [1.54, 1.807) is 11.3 Å². The molecule has 0 unspecified atom stereocenters. The van der Waals surface area contributed by atoms with Gasteiger partial charge >= 0.3 is 0 Å². The van der Waals surface area contributed by atoms with Gasteiger partial charge in [0.1, 0.15) is 0 Å². The third kappa shape index (κ3) is 2.20. The third-order valence-corrected chi connectivity index (χ3v) is 3.11. The van der Waals surface area contributed by atoms with Gasteiger partial charge in [-0.25, -0.2) is 4.98 Å². The summed E-state index contributed by atoms with van der Waals surface area (Å²) in [5.74, 6) is 0. The lowest BCUT2D eigenvalue weighted by atomic mass is 10.1. The highest BCUT2D eigenvalue weighted by atomic mass is 32.1. The van der Waals surface area contributed by atoms with Crippen LogP contribution in [0, 0.1) is 13.8 Å². The van der Waals surface area contributed by atoms with E-state index in [0.717, 1.165) is 12.1 Å². The molecule has 0 aliphatic heterocycles. The molecule has 2 rings (SSSR count). The van der Waals surface area contributed by atoms with E-state index in [-0.39, 0.29) is 0 Å². The number of nitrogens with zero attached hydrogens (tertiary/aromatic N) is 1. The Kier molecular flexibility index (Phi) is 2.64. The average molecular weight is 203 g/mol. The molecule has 14 heavy (non-hydrogen) atoms. The molecule has 0 bridgehead atoms. The lowest BCUT2D eigenvalue weighted by Crippen LogP contribution is -1.87. The first-order valence-corrected chi connectivity index (χ1v) is 5.58. The minimum atomic E-state index is 0.957. The number of aryl methyl sites for hydroxylation is 2. The van der Waals surface area contributed by atoms with Crippen LogP contribution < -0.4 is 0 Å². The second-order valence-corrected chi connectivity index (χ2v) is 4.49. The van der Waals surface area contributed by atoms with Gasteiger partial charge in [-0.3, -0.25) is 0 Å². The van der Waals surface area contributed by atoms with E-state index in [4.69, 9.17) is 0 Å². The first kappa shape index (κ1) is 9.41. The van der Waals surface area contributed by atoms with Gasteiger partial charge in [0.05, 0.1) is 5.01 Å². The molecule has 0 aliphatic carbocycles. The van der Waals surface area contributed by atoms with Gasteiger partial charge < -0.3 is 0 Å². The molecular formula is C12H13NS. The maximum atomic E-state index is 4.45. The van der Waals surface area contributed by atoms with Gasteiger partial charge in [0.25, 0.3) is 0 Å². The largest absolute Gasteiger partial charge is 0.246 e. The van der Waals surface area contributed by atoms with Crippen molar-refractivity contribution in [2.24, 2.45) is 0 Å². The summed E-state index contributed by atoms with van der Waals surface area (Å²) in [5, 5.41) is 3.30. The molecule has 2 aromatic rings. The molecule has 0 saturated heterocycles. The van der Waals surface area contributed by atoms with Gasteiger partial charge in [-0.1, -0.05) is 29.8 Å². The zero-order chi connectivity index (χ0) is 9.97. The van der Waals surface area contributed by atoms with Crippen LogP contribution in [0.1, 0.15) is 21.8 Å². The third-order valence-electron chi connectivity index (χ3n) is 2.14. The summed E-state index contributed by atoms with van der Waals surface area (Å²) in [7, 11) is 0. The molecule has 0 radical (unpaired) electrons. The summed E-state index contributed by atoms with van der Waals surface area (Å²) >= 11 is 1.74. The number of benzene rings is 1. The van der Waals surface area contributed by atoms with Gasteiger partial charge in [0.2, 0.25) is 0 Å². The van der Waals surface area contributed by atoms with Crippen LogP contribution in [-0.2, 0) is 6.42 Å². The molecule has 0 atom stereocenters. The maximum absolute atomic E-state index is 4.45. The molecule has 0 saturated carbocycles. The van der Waals surface area contributed by atoms with Crippen LogP contribution in [0.25, 0.3) is 0 Å². The van der Waals surface area contributed by atoms with Crippen molar-refractivity contribution in [3.63, 3.8) is 0 Å². The summed E-state index contributed by atoms with van der Waals surface area (Å²) in [4.78, 5) is 4.45. The fourth-order valence-corrected chi connectivity index (χ4v) is 2.17. The van der Waals surface area contributed by atoms with Crippen molar-refractivity contribution < 1.29 is 0 Å². The Hall–Kier alpha value is -1.15. The zero-order valence-electron chi connectivity index (χ0n) is 8.45. The number of hydrogen-bond donors (Lipinski definition) is 0. The summed E-state index contributed by atoms with van der Waals surface area (Å²) < 4.78 is 0. The minimum absolute atomic E-state index is 0.957. The Labute approximate surface area is 88.4 Å². The first-order valence-electron chi connectivity index (χ1n) is 4.70. The van der Waals surface area contributed by atoms with Crippen molar-refractivity contribution in [2.75, 3.05) is 0 Å². The highest BCUT2D eigenvalue weighted by Gasteiger charge is 1.99. The lowest BCUT2D eigenvalue weighted by Gasteiger charge is -1.98. The van der Waals surface area contributed by atoms with Gasteiger partial charge in [-0.05, 0) is 19.4 Å². The predicted molar refractivity (Wildman–Crippen MR) is 60.8 cm³/mol. The molecule has 0 amide bonds. The fraction of sp³-hybridized carbons (Fsp3) is 0.250. The molecule has 0 N–H and O–H groups in total. The Balaban J connectivity index is 2.15. The van der Waals surface area contributed by atoms with E-state index in [0.29, 0.717) is 0 Å². The second kappa shape index (κ2) is 3.93.